The normalized spacial score (nSPS) is 12.2. The van der Waals surface area contributed by atoms with Gasteiger partial charge >= 0.3 is 5.97 Å². The number of nitrogens with zero attached hydrogens (tertiary/aromatic N) is 2. The van der Waals surface area contributed by atoms with E-state index in [1.807, 2.05) is 36.9 Å². The van der Waals surface area contributed by atoms with Gasteiger partial charge in [-0.3, -0.25) is 4.68 Å². The monoisotopic (exact) mass is 402 g/mol. The van der Waals surface area contributed by atoms with Gasteiger partial charge in [0, 0.05) is 6.20 Å². The number of rotatable bonds is 10. The summed E-state index contributed by atoms with van der Waals surface area (Å²) in [5, 5.41) is 4.63. The van der Waals surface area contributed by atoms with Crippen molar-refractivity contribution in [1.82, 2.24) is 9.78 Å². The summed E-state index contributed by atoms with van der Waals surface area (Å²) >= 11 is 0. The molecule has 156 valence electrons. The van der Waals surface area contributed by atoms with Crippen molar-refractivity contribution >= 4 is 5.97 Å². The molecule has 3 rings (SSSR count). The van der Waals surface area contributed by atoms with Crippen molar-refractivity contribution in [1.29, 1.82) is 0 Å². The lowest BCUT2D eigenvalue weighted by Gasteiger charge is -2.14. The van der Waals surface area contributed by atoms with Crippen molar-refractivity contribution in [2.24, 2.45) is 0 Å². The van der Waals surface area contributed by atoms with Crippen molar-refractivity contribution in [2.45, 2.75) is 45.6 Å². The molecule has 1 atom stereocenters. The van der Waals surface area contributed by atoms with Gasteiger partial charge in [-0.1, -0.05) is 72.8 Å². The third-order valence-electron chi connectivity index (χ3n) is 5.12. The Labute approximate surface area is 179 Å². The zero-order chi connectivity index (χ0) is 21.2. The average molecular weight is 403 g/mol. The minimum atomic E-state index is -0.309. The molecule has 0 radical (unpaired) electrons. The largest absolute Gasteiger partial charge is 0.462 e. The van der Waals surface area contributed by atoms with Crippen LogP contribution < -0.4 is 0 Å². The van der Waals surface area contributed by atoms with Crippen molar-refractivity contribution < 1.29 is 9.53 Å². The van der Waals surface area contributed by atoms with Crippen LogP contribution in [0.25, 0.3) is 0 Å². The minimum Gasteiger partial charge on any atom is -0.462 e. The molecule has 1 heterocycles. The Hall–Kier alpha value is -3.14. The highest BCUT2D eigenvalue weighted by Gasteiger charge is 2.17. The fraction of sp³-hybridized carbons (Fsp3) is 0.308. The number of allylic oxidation sites excluding steroid dienone is 2. The molecule has 0 saturated heterocycles. The van der Waals surface area contributed by atoms with Gasteiger partial charge in [0.2, 0.25) is 0 Å². The molecule has 0 aliphatic carbocycles. The van der Waals surface area contributed by atoms with Gasteiger partial charge in [-0.25, -0.2) is 4.79 Å². The SMILES string of the molecule is CCOC(=O)c1cn([C@H](/C=C/CCc2ccccc2)CCc2ccccc2)nc1C. The zero-order valence-corrected chi connectivity index (χ0v) is 17.8. The number of hydrogen-bond donors (Lipinski definition) is 0. The second kappa shape index (κ2) is 11.1. The number of esters is 1. The maximum atomic E-state index is 12.2. The van der Waals surface area contributed by atoms with E-state index in [4.69, 9.17) is 4.74 Å². The van der Waals surface area contributed by atoms with Gasteiger partial charge < -0.3 is 4.74 Å². The van der Waals surface area contributed by atoms with E-state index in [-0.39, 0.29) is 12.0 Å². The first-order valence-electron chi connectivity index (χ1n) is 10.6. The lowest BCUT2D eigenvalue weighted by molar-refractivity contribution is 0.0525. The zero-order valence-electron chi connectivity index (χ0n) is 17.8. The fourth-order valence-electron chi connectivity index (χ4n) is 3.48. The van der Waals surface area contributed by atoms with Gasteiger partial charge in [0.25, 0.3) is 0 Å². The third-order valence-corrected chi connectivity index (χ3v) is 5.12. The van der Waals surface area contributed by atoms with Crippen LogP contribution in [-0.2, 0) is 17.6 Å². The predicted octanol–water partition coefficient (Wildman–Crippen LogP) is 5.73. The molecule has 1 aromatic heterocycles. The first-order valence-corrected chi connectivity index (χ1v) is 10.6. The smallest absolute Gasteiger partial charge is 0.341 e. The molecule has 0 amide bonds. The number of carbonyl (C=O) groups is 1. The van der Waals surface area contributed by atoms with E-state index in [0.29, 0.717) is 17.9 Å². The molecular weight excluding hydrogens is 372 g/mol. The number of benzene rings is 2. The standard InChI is InChI=1S/C26H30N2O2/c1-3-30-26(29)25-20-28(27-21(25)2)24(19-18-23-14-8-5-9-15-23)17-11-10-16-22-12-6-4-7-13-22/h4-9,11-15,17,20,24H,3,10,16,18-19H2,1-2H3/b17-11+/t24-/m1/s1. The van der Waals surface area contributed by atoms with E-state index < -0.39 is 0 Å². The summed E-state index contributed by atoms with van der Waals surface area (Å²) in [5.41, 5.74) is 3.88. The minimum absolute atomic E-state index is 0.0860. The average Bonchev–Trinajstić information content (AvgIpc) is 3.16. The fourth-order valence-corrected chi connectivity index (χ4v) is 3.48. The molecular formula is C26H30N2O2. The Kier molecular flexibility index (Phi) is 8.02. The Morgan fingerprint density at radius 2 is 1.67 bits per heavy atom. The van der Waals surface area contributed by atoms with E-state index in [9.17, 15) is 4.79 Å². The summed E-state index contributed by atoms with van der Waals surface area (Å²) < 4.78 is 7.07. The summed E-state index contributed by atoms with van der Waals surface area (Å²) in [4.78, 5) is 12.2. The molecule has 0 bridgehead atoms. The molecule has 0 N–H and O–H groups in total. The molecule has 4 heteroatoms. The Morgan fingerprint density at radius 3 is 2.30 bits per heavy atom. The highest BCUT2D eigenvalue weighted by Crippen LogP contribution is 2.20. The lowest BCUT2D eigenvalue weighted by atomic mass is 10.0. The van der Waals surface area contributed by atoms with Crippen LogP contribution in [0.15, 0.2) is 79.0 Å². The molecule has 0 unspecified atom stereocenters. The maximum absolute atomic E-state index is 12.2. The predicted molar refractivity (Wildman–Crippen MR) is 121 cm³/mol. The molecule has 0 saturated carbocycles. The van der Waals surface area contributed by atoms with Gasteiger partial charge in [0.15, 0.2) is 0 Å². The Bertz CT molecular complexity index is 946. The van der Waals surface area contributed by atoms with E-state index in [1.165, 1.54) is 11.1 Å². The highest BCUT2D eigenvalue weighted by atomic mass is 16.5. The molecule has 3 aromatic rings. The van der Waals surface area contributed by atoms with Crippen LogP contribution in [0, 0.1) is 6.92 Å². The molecule has 0 fully saturated rings. The molecule has 0 spiro atoms. The highest BCUT2D eigenvalue weighted by molar-refractivity contribution is 5.90. The van der Waals surface area contributed by atoms with E-state index in [2.05, 4.69) is 65.8 Å². The Morgan fingerprint density at radius 1 is 1.03 bits per heavy atom. The van der Waals surface area contributed by atoms with Crippen molar-refractivity contribution in [2.75, 3.05) is 6.61 Å². The van der Waals surface area contributed by atoms with Crippen molar-refractivity contribution in [3.63, 3.8) is 0 Å². The number of ether oxygens (including phenoxy) is 1. The van der Waals surface area contributed by atoms with E-state index in [0.717, 1.165) is 25.7 Å². The number of aromatic nitrogens is 2. The van der Waals surface area contributed by atoms with Crippen LogP contribution in [0.3, 0.4) is 0 Å². The van der Waals surface area contributed by atoms with Crippen molar-refractivity contribution in [3.8, 4) is 0 Å². The van der Waals surface area contributed by atoms with Crippen molar-refractivity contribution in [3.05, 3.63) is 101 Å². The first kappa shape index (κ1) is 21.6. The first-order chi connectivity index (χ1) is 14.7. The topological polar surface area (TPSA) is 44.1 Å². The maximum Gasteiger partial charge on any atom is 0.341 e. The molecule has 30 heavy (non-hydrogen) atoms. The number of hydrogen-bond acceptors (Lipinski definition) is 3. The van der Waals surface area contributed by atoms with Gasteiger partial charge in [0.05, 0.1) is 18.3 Å². The van der Waals surface area contributed by atoms with Crippen LogP contribution in [-0.4, -0.2) is 22.4 Å². The molecule has 4 nitrogen and oxygen atoms in total. The van der Waals surface area contributed by atoms with Gasteiger partial charge in [-0.15, -0.1) is 0 Å². The number of aryl methyl sites for hydroxylation is 3. The van der Waals surface area contributed by atoms with Crippen LogP contribution in [0.4, 0.5) is 0 Å². The summed E-state index contributed by atoms with van der Waals surface area (Å²) in [6.45, 7) is 4.03. The summed E-state index contributed by atoms with van der Waals surface area (Å²) in [7, 11) is 0. The van der Waals surface area contributed by atoms with Gasteiger partial charge in [-0.2, -0.15) is 5.10 Å². The second-order valence-electron chi connectivity index (χ2n) is 7.37. The quantitative estimate of drug-likeness (QED) is 0.321. The third kappa shape index (κ3) is 6.18. The van der Waals surface area contributed by atoms with Crippen LogP contribution in [0.1, 0.15) is 53.0 Å². The van der Waals surface area contributed by atoms with E-state index in [1.54, 1.807) is 0 Å². The second-order valence-corrected chi connectivity index (χ2v) is 7.37. The summed E-state index contributed by atoms with van der Waals surface area (Å²) in [5.74, 6) is -0.309. The summed E-state index contributed by atoms with van der Waals surface area (Å²) in [6, 6.07) is 21.1. The number of carbonyl (C=O) groups excluding carboxylic acids is 1. The van der Waals surface area contributed by atoms with Crippen LogP contribution >= 0.6 is 0 Å². The Balaban J connectivity index is 1.72. The van der Waals surface area contributed by atoms with Gasteiger partial charge in [0.1, 0.15) is 5.56 Å². The van der Waals surface area contributed by atoms with Crippen LogP contribution in [0.2, 0.25) is 0 Å². The molecule has 0 aliphatic heterocycles. The lowest BCUT2D eigenvalue weighted by Crippen LogP contribution is -2.09. The van der Waals surface area contributed by atoms with E-state index >= 15 is 0 Å². The molecule has 0 aliphatic rings. The van der Waals surface area contributed by atoms with Gasteiger partial charge in [-0.05, 0) is 50.7 Å². The summed E-state index contributed by atoms with van der Waals surface area (Å²) in [6.07, 6.45) is 10.1. The molecule has 2 aromatic carbocycles. The van der Waals surface area contributed by atoms with Crippen LogP contribution in [0.5, 0.6) is 0 Å².